The maximum Gasteiger partial charge on any atom is 0.238 e. The average Bonchev–Trinajstić information content (AvgIpc) is 3.71. The highest BCUT2D eigenvalue weighted by molar-refractivity contribution is 6.15. The van der Waals surface area contributed by atoms with Crippen LogP contribution in [0.4, 0.5) is 0 Å². The summed E-state index contributed by atoms with van der Waals surface area (Å²) in [6.07, 6.45) is 1.86. The largest absolute Gasteiger partial charge is 0.294 e. The molecule has 0 aliphatic carbocycles. The molecule has 10 rings (SSSR count). The molecule has 0 atom stereocenters. The zero-order valence-corrected chi connectivity index (χ0v) is 26.8. The van der Waals surface area contributed by atoms with Crippen molar-refractivity contribution in [3.63, 3.8) is 0 Å². The molecule has 0 amide bonds. The van der Waals surface area contributed by atoms with Gasteiger partial charge in [0.15, 0.2) is 11.6 Å². The van der Waals surface area contributed by atoms with Crippen molar-refractivity contribution in [1.29, 1.82) is 0 Å². The standard InChI is InChI=1S/C44H28N6/c1-4-14-29(15-5-1)41-46-42(30-16-6-2-7-17-30)48-44(47-41)50-38-24-11-10-20-34(38)35-22-12-21-33(40(35)50)31-25-26-39-37(28-31)36-23-13-27-45-43(36)49(39)32-18-8-3-9-19-32/h1-28H. The van der Waals surface area contributed by atoms with Crippen LogP contribution in [0.1, 0.15) is 0 Å². The minimum Gasteiger partial charge on any atom is -0.294 e. The van der Waals surface area contributed by atoms with Crippen molar-refractivity contribution in [1.82, 2.24) is 29.1 Å². The van der Waals surface area contributed by atoms with Crippen LogP contribution >= 0.6 is 0 Å². The molecule has 0 radical (unpaired) electrons. The van der Waals surface area contributed by atoms with E-state index in [1.807, 2.05) is 79.0 Å². The molecule has 10 aromatic rings. The van der Waals surface area contributed by atoms with Crippen LogP contribution in [0.2, 0.25) is 0 Å². The Kier molecular flexibility index (Phi) is 6.39. The third kappa shape index (κ3) is 4.43. The number of pyridine rings is 1. The highest BCUT2D eigenvalue weighted by atomic mass is 15.2. The number of benzene rings is 6. The fourth-order valence-electron chi connectivity index (χ4n) is 7.21. The molecule has 0 saturated carbocycles. The first kappa shape index (κ1) is 28.1. The van der Waals surface area contributed by atoms with E-state index < -0.39 is 0 Å². The van der Waals surface area contributed by atoms with Crippen molar-refractivity contribution in [2.75, 3.05) is 0 Å². The van der Waals surface area contributed by atoms with E-state index in [-0.39, 0.29) is 0 Å². The van der Waals surface area contributed by atoms with Crippen LogP contribution in [0, 0.1) is 0 Å². The van der Waals surface area contributed by atoms with E-state index in [9.17, 15) is 0 Å². The van der Waals surface area contributed by atoms with Crippen LogP contribution in [0.3, 0.4) is 0 Å². The van der Waals surface area contributed by atoms with Gasteiger partial charge in [0.05, 0.1) is 16.6 Å². The van der Waals surface area contributed by atoms with Gasteiger partial charge in [-0.3, -0.25) is 9.13 Å². The quantitative estimate of drug-likeness (QED) is 0.188. The van der Waals surface area contributed by atoms with Gasteiger partial charge in [0.2, 0.25) is 5.95 Å². The van der Waals surface area contributed by atoms with Gasteiger partial charge in [-0.2, -0.15) is 9.97 Å². The van der Waals surface area contributed by atoms with Gasteiger partial charge in [0, 0.05) is 50.1 Å². The van der Waals surface area contributed by atoms with Gasteiger partial charge in [-0.1, -0.05) is 121 Å². The summed E-state index contributed by atoms with van der Waals surface area (Å²) < 4.78 is 4.45. The summed E-state index contributed by atoms with van der Waals surface area (Å²) in [5.41, 5.74) is 9.26. The van der Waals surface area contributed by atoms with Gasteiger partial charge in [0.25, 0.3) is 0 Å². The summed E-state index contributed by atoms with van der Waals surface area (Å²) in [7, 11) is 0. The van der Waals surface area contributed by atoms with Crippen molar-refractivity contribution in [2.45, 2.75) is 0 Å². The van der Waals surface area contributed by atoms with Crippen molar-refractivity contribution in [3.8, 4) is 45.5 Å². The van der Waals surface area contributed by atoms with E-state index in [1.165, 1.54) is 0 Å². The maximum atomic E-state index is 5.16. The summed E-state index contributed by atoms with van der Waals surface area (Å²) in [5.74, 6) is 1.82. The molecule has 6 aromatic carbocycles. The second-order valence-corrected chi connectivity index (χ2v) is 12.3. The molecule has 4 heterocycles. The van der Waals surface area contributed by atoms with Crippen molar-refractivity contribution in [3.05, 3.63) is 170 Å². The smallest absolute Gasteiger partial charge is 0.238 e. The molecule has 0 aliphatic heterocycles. The zero-order valence-electron chi connectivity index (χ0n) is 26.8. The molecule has 0 spiro atoms. The van der Waals surface area contributed by atoms with Gasteiger partial charge >= 0.3 is 0 Å². The molecule has 4 aromatic heterocycles. The lowest BCUT2D eigenvalue weighted by Crippen LogP contribution is -2.06. The van der Waals surface area contributed by atoms with Gasteiger partial charge < -0.3 is 0 Å². The van der Waals surface area contributed by atoms with Crippen molar-refractivity contribution < 1.29 is 0 Å². The van der Waals surface area contributed by atoms with Gasteiger partial charge in [-0.05, 0) is 48.0 Å². The van der Waals surface area contributed by atoms with Crippen LogP contribution in [0.5, 0.6) is 0 Å². The van der Waals surface area contributed by atoms with Gasteiger partial charge in [-0.15, -0.1) is 0 Å². The minimum absolute atomic E-state index is 0.572. The fraction of sp³-hybridized carbons (Fsp3) is 0. The Morgan fingerprint density at radius 1 is 0.400 bits per heavy atom. The number of rotatable bonds is 5. The molecule has 0 N–H and O–H groups in total. The first-order chi connectivity index (χ1) is 24.8. The Bertz CT molecular complexity index is 2800. The predicted octanol–water partition coefficient (Wildman–Crippen LogP) is 10.5. The van der Waals surface area contributed by atoms with Crippen LogP contribution < -0.4 is 0 Å². The topological polar surface area (TPSA) is 61.4 Å². The molecule has 234 valence electrons. The molecule has 0 bridgehead atoms. The monoisotopic (exact) mass is 640 g/mol. The molecule has 0 saturated heterocycles. The Morgan fingerprint density at radius 2 is 1.02 bits per heavy atom. The summed E-state index contributed by atoms with van der Waals surface area (Å²) in [5, 5.41) is 4.53. The maximum absolute atomic E-state index is 5.16. The number of aromatic nitrogens is 6. The first-order valence-corrected chi connectivity index (χ1v) is 16.7. The molecule has 6 heteroatoms. The Labute approximate surface area is 287 Å². The van der Waals surface area contributed by atoms with E-state index in [4.69, 9.17) is 19.9 Å². The molecular formula is C44H28N6. The SMILES string of the molecule is c1ccc(-c2nc(-c3ccccc3)nc(-n3c4ccccc4c4cccc(-c5ccc6c(c5)c5cccnc5n6-c5ccccc5)c43)n2)cc1. The summed E-state index contributed by atoms with van der Waals surface area (Å²) in [4.78, 5) is 20.1. The highest BCUT2D eigenvalue weighted by Gasteiger charge is 2.21. The van der Waals surface area contributed by atoms with Gasteiger partial charge in [-0.25, -0.2) is 9.97 Å². The van der Waals surface area contributed by atoms with Crippen LogP contribution in [0.25, 0.3) is 89.3 Å². The predicted molar refractivity (Wildman–Crippen MR) is 203 cm³/mol. The molecular weight excluding hydrogens is 613 g/mol. The van der Waals surface area contributed by atoms with Crippen molar-refractivity contribution in [2.24, 2.45) is 0 Å². The number of para-hydroxylation sites is 3. The van der Waals surface area contributed by atoms with E-state index in [1.54, 1.807) is 0 Å². The third-order valence-corrected chi connectivity index (χ3v) is 9.43. The van der Waals surface area contributed by atoms with Crippen molar-refractivity contribution >= 4 is 43.7 Å². The van der Waals surface area contributed by atoms with Gasteiger partial charge in [0.1, 0.15) is 5.65 Å². The summed E-state index contributed by atoms with van der Waals surface area (Å²) in [6.45, 7) is 0. The Balaban J connectivity index is 1.27. The zero-order chi connectivity index (χ0) is 33.0. The fourth-order valence-corrected chi connectivity index (χ4v) is 7.21. The number of hydrogen-bond acceptors (Lipinski definition) is 4. The lowest BCUT2D eigenvalue weighted by Gasteiger charge is -2.13. The number of hydrogen-bond donors (Lipinski definition) is 0. The second-order valence-electron chi connectivity index (χ2n) is 12.3. The Hall–Kier alpha value is -6.92. The highest BCUT2D eigenvalue weighted by Crippen LogP contribution is 2.40. The normalized spacial score (nSPS) is 11.6. The van der Waals surface area contributed by atoms with Crippen LogP contribution in [-0.2, 0) is 0 Å². The Morgan fingerprint density at radius 3 is 1.76 bits per heavy atom. The van der Waals surface area contributed by atoms with Crippen LogP contribution in [0.15, 0.2) is 170 Å². The van der Waals surface area contributed by atoms with Crippen LogP contribution in [-0.4, -0.2) is 29.1 Å². The minimum atomic E-state index is 0.572. The average molecular weight is 641 g/mol. The number of fused-ring (bicyclic) bond motifs is 6. The molecule has 50 heavy (non-hydrogen) atoms. The lowest BCUT2D eigenvalue weighted by atomic mass is 10.00. The first-order valence-electron chi connectivity index (χ1n) is 16.7. The second kappa shape index (κ2) is 11.4. The van der Waals surface area contributed by atoms with E-state index >= 15 is 0 Å². The number of nitrogens with zero attached hydrogens (tertiary/aromatic N) is 6. The lowest BCUT2D eigenvalue weighted by molar-refractivity contribution is 0.954. The molecule has 0 fully saturated rings. The van der Waals surface area contributed by atoms with E-state index in [0.29, 0.717) is 17.6 Å². The molecule has 0 aliphatic rings. The molecule has 6 nitrogen and oxygen atoms in total. The third-order valence-electron chi connectivity index (χ3n) is 9.43. The van der Waals surface area contributed by atoms with E-state index in [2.05, 4.69) is 100 Å². The summed E-state index contributed by atoms with van der Waals surface area (Å²) in [6, 6.07) is 56.6. The van der Waals surface area contributed by atoms with E-state index in [0.717, 1.165) is 71.7 Å². The summed E-state index contributed by atoms with van der Waals surface area (Å²) >= 11 is 0. The molecule has 0 unspecified atom stereocenters.